The molecule has 160 valence electrons. The average molecular weight is 424 g/mol. The Bertz CT molecular complexity index is 1240. The number of nitrogens with zero attached hydrogens (tertiary/aromatic N) is 3. The first kappa shape index (κ1) is 20.2. The molecule has 6 nitrogen and oxygen atoms in total. The SMILES string of the molecule is NC1CCCN(C(=O)c2ccc3cc(-c4ccccc4)c(Nc4ccccn4)nc3c2)C1. The highest BCUT2D eigenvalue weighted by Crippen LogP contribution is 2.32. The third kappa shape index (κ3) is 4.18. The van der Waals surface area contributed by atoms with Gasteiger partial charge >= 0.3 is 0 Å². The maximum Gasteiger partial charge on any atom is 0.253 e. The molecule has 5 rings (SSSR count). The lowest BCUT2D eigenvalue weighted by Gasteiger charge is -2.30. The fourth-order valence-electron chi connectivity index (χ4n) is 4.17. The number of likely N-dealkylation sites (tertiary alicyclic amines) is 1. The van der Waals surface area contributed by atoms with Crippen molar-refractivity contribution in [3.05, 3.63) is 84.6 Å². The van der Waals surface area contributed by atoms with E-state index in [0.29, 0.717) is 23.7 Å². The number of aromatic nitrogens is 2. The van der Waals surface area contributed by atoms with Crippen LogP contribution in [-0.4, -0.2) is 39.9 Å². The maximum absolute atomic E-state index is 13.1. The van der Waals surface area contributed by atoms with Gasteiger partial charge in [-0.1, -0.05) is 42.5 Å². The van der Waals surface area contributed by atoms with E-state index in [-0.39, 0.29) is 11.9 Å². The van der Waals surface area contributed by atoms with Crippen molar-refractivity contribution in [2.45, 2.75) is 18.9 Å². The smallest absolute Gasteiger partial charge is 0.253 e. The topological polar surface area (TPSA) is 84.1 Å². The van der Waals surface area contributed by atoms with Gasteiger partial charge in [0.2, 0.25) is 0 Å². The third-order valence-electron chi connectivity index (χ3n) is 5.81. The molecule has 32 heavy (non-hydrogen) atoms. The van der Waals surface area contributed by atoms with E-state index in [9.17, 15) is 4.79 Å². The molecule has 1 atom stereocenters. The molecule has 0 spiro atoms. The molecule has 1 aliphatic rings. The van der Waals surface area contributed by atoms with Crippen LogP contribution in [0.2, 0.25) is 0 Å². The van der Waals surface area contributed by atoms with Crippen LogP contribution in [0.5, 0.6) is 0 Å². The lowest BCUT2D eigenvalue weighted by atomic mass is 10.0. The van der Waals surface area contributed by atoms with E-state index < -0.39 is 0 Å². The van der Waals surface area contributed by atoms with Gasteiger partial charge in [-0.15, -0.1) is 0 Å². The summed E-state index contributed by atoms with van der Waals surface area (Å²) >= 11 is 0. The predicted octanol–water partition coefficient (Wildman–Crippen LogP) is 4.60. The van der Waals surface area contributed by atoms with Gasteiger partial charge in [0.1, 0.15) is 11.6 Å². The lowest BCUT2D eigenvalue weighted by Crippen LogP contribution is -2.45. The molecule has 1 aliphatic heterocycles. The van der Waals surface area contributed by atoms with Crippen LogP contribution in [0.1, 0.15) is 23.2 Å². The molecule has 4 aromatic rings. The summed E-state index contributed by atoms with van der Waals surface area (Å²) in [7, 11) is 0. The summed E-state index contributed by atoms with van der Waals surface area (Å²) in [6, 6.07) is 23.7. The van der Waals surface area contributed by atoms with Gasteiger partial charge in [0.05, 0.1) is 5.52 Å². The summed E-state index contributed by atoms with van der Waals surface area (Å²) in [4.78, 5) is 24.2. The van der Waals surface area contributed by atoms with Crippen molar-refractivity contribution in [2.24, 2.45) is 5.73 Å². The number of hydrogen-bond donors (Lipinski definition) is 2. The minimum absolute atomic E-state index is 0.00946. The monoisotopic (exact) mass is 423 g/mol. The number of anilines is 2. The molecule has 1 amide bonds. The van der Waals surface area contributed by atoms with Crippen LogP contribution in [0.15, 0.2) is 79.0 Å². The number of benzene rings is 2. The Kier molecular flexibility index (Phi) is 5.52. The zero-order valence-electron chi connectivity index (χ0n) is 17.7. The second-order valence-electron chi connectivity index (χ2n) is 8.15. The fourth-order valence-corrected chi connectivity index (χ4v) is 4.17. The predicted molar refractivity (Wildman–Crippen MR) is 128 cm³/mol. The number of nitrogens with one attached hydrogen (secondary N) is 1. The first-order chi connectivity index (χ1) is 15.7. The number of piperidine rings is 1. The molecule has 3 heterocycles. The first-order valence-corrected chi connectivity index (χ1v) is 10.9. The molecular weight excluding hydrogens is 398 g/mol. The van der Waals surface area contributed by atoms with Crippen molar-refractivity contribution in [3.63, 3.8) is 0 Å². The van der Waals surface area contributed by atoms with Gasteiger partial charge in [-0.25, -0.2) is 9.97 Å². The molecule has 0 radical (unpaired) electrons. The van der Waals surface area contributed by atoms with Crippen molar-refractivity contribution < 1.29 is 4.79 Å². The standard InChI is InChI=1S/C26H25N5O/c27-21-9-6-14-31(17-21)26(32)20-12-11-19-15-22(18-7-2-1-3-8-18)25(29-23(19)16-20)30-24-10-4-5-13-28-24/h1-5,7-8,10-13,15-16,21H,6,9,14,17,27H2,(H,28,29,30). The van der Waals surface area contributed by atoms with E-state index in [0.717, 1.165) is 41.4 Å². The minimum atomic E-state index is 0.00946. The molecule has 2 aromatic heterocycles. The average Bonchev–Trinajstić information content (AvgIpc) is 2.84. The Morgan fingerprint density at radius 3 is 2.66 bits per heavy atom. The summed E-state index contributed by atoms with van der Waals surface area (Å²) in [5.74, 6) is 1.42. The highest BCUT2D eigenvalue weighted by atomic mass is 16.2. The van der Waals surface area contributed by atoms with E-state index in [1.807, 2.05) is 59.5 Å². The second kappa shape index (κ2) is 8.77. The molecular formula is C26H25N5O. The van der Waals surface area contributed by atoms with Crippen LogP contribution in [0.3, 0.4) is 0 Å². The molecule has 3 N–H and O–H groups in total. The van der Waals surface area contributed by atoms with E-state index in [4.69, 9.17) is 10.7 Å². The summed E-state index contributed by atoms with van der Waals surface area (Å²) in [5.41, 5.74) is 9.51. The van der Waals surface area contributed by atoms with Gasteiger partial charge in [0.25, 0.3) is 5.91 Å². The number of hydrogen-bond acceptors (Lipinski definition) is 5. The van der Waals surface area contributed by atoms with Crippen LogP contribution in [0.4, 0.5) is 11.6 Å². The van der Waals surface area contributed by atoms with Crippen LogP contribution in [0, 0.1) is 0 Å². The molecule has 1 unspecified atom stereocenters. The first-order valence-electron chi connectivity index (χ1n) is 10.9. The van der Waals surface area contributed by atoms with Gasteiger partial charge in [-0.2, -0.15) is 0 Å². The van der Waals surface area contributed by atoms with E-state index in [2.05, 4.69) is 28.5 Å². The Balaban J connectivity index is 1.56. The number of fused-ring (bicyclic) bond motifs is 1. The third-order valence-corrected chi connectivity index (χ3v) is 5.81. The fraction of sp³-hybridized carbons (Fsp3) is 0.192. The zero-order chi connectivity index (χ0) is 21.9. The largest absolute Gasteiger partial charge is 0.337 e. The van der Waals surface area contributed by atoms with Crippen LogP contribution in [-0.2, 0) is 0 Å². The van der Waals surface area contributed by atoms with Crippen LogP contribution in [0.25, 0.3) is 22.0 Å². The molecule has 0 aliphatic carbocycles. The quantitative estimate of drug-likeness (QED) is 0.501. The molecule has 2 aromatic carbocycles. The van der Waals surface area contributed by atoms with Gasteiger partial charge in [0.15, 0.2) is 0 Å². The number of amides is 1. The second-order valence-corrected chi connectivity index (χ2v) is 8.15. The summed E-state index contributed by atoms with van der Waals surface area (Å²) in [5, 5.41) is 4.32. The van der Waals surface area contributed by atoms with Crippen molar-refractivity contribution in [1.29, 1.82) is 0 Å². The Hall–Kier alpha value is -3.77. The number of carbonyl (C=O) groups excluding carboxylic acids is 1. The number of rotatable bonds is 4. The molecule has 1 saturated heterocycles. The van der Waals surface area contributed by atoms with E-state index in [1.54, 1.807) is 6.20 Å². The van der Waals surface area contributed by atoms with Gasteiger partial charge in [0, 0.05) is 41.8 Å². The molecule has 1 fully saturated rings. The highest BCUT2D eigenvalue weighted by molar-refractivity contribution is 5.99. The Morgan fingerprint density at radius 2 is 1.88 bits per heavy atom. The summed E-state index contributed by atoms with van der Waals surface area (Å²) in [6.07, 6.45) is 3.65. The lowest BCUT2D eigenvalue weighted by molar-refractivity contribution is 0.0709. The van der Waals surface area contributed by atoms with Gasteiger partial charge in [-0.3, -0.25) is 4.79 Å². The van der Waals surface area contributed by atoms with E-state index in [1.165, 1.54) is 0 Å². The molecule has 0 bridgehead atoms. The summed E-state index contributed by atoms with van der Waals surface area (Å²) < 4.78 is 0. The van der Waals surface area contributed by atoms with Crippen molar-refractivity contribution in [1.82, 2.24) is 14.9 Å². The number of nitrogens with two attached hydrogens (primary N) is 1. The van der Waals surface area contributed by atoms with Gasteiger partial charge in [-0.05, 0) is 48.7 Å². The normalized spacial score (nSPS) is 16.2. The maximum atomic E-state index is 13.1. The highest BCUT2D eigenvalue weighted by Gasteiger charge is 2.22. The van der Waals surface area contributed by atoms with Crippen LogP contribution >= 0.6 is 0 Å². The van der Waals surface area contributed by atoms with Crippen molar-refractivity contribution >= 4 is 28.4 Å². The van der Waals surface area contributed by atoms with E-state index >= 15 is 0 Å². The molecule has 6 heteroatoms. The zero-order valence-corrected chi connectivity index (χ0v) is 17.7. The minimum Gasteiger partial charge on any atom is -0.337 e. The molecule has 0 saturated carbocycles. The number of pyridine rings is 2. The number of carbonyl (C=O) groups is 1. The van der Waals surface area contributed by atoms with Crippen molar-refractivity contribution in [3.8, 4) is 11.1 Å². The van der Waals surface area contributed by atoms with Crippen LogP contribution < -0.4 is 11.1 Å². The summed E-state index contributed by atoms with van der Waals surface area (Å²) in [6.45, 7) is 1.35. The van der Waals surface area contributed by atoms with Crippen molar-refractivity contribution in [2.75, 3.05) is 18.4 Å². The van der Waals surface area contributed by atoms with Gasteiger partial charge < -0.3 is 16.0 Å². The Labute approximate surface area is 187 Å². The Morgan fingerprint density at radius 1 is 1.03 bits per heavy atom.